The van der Waals surface area contributed by atoms with Crippen molar-refractivity contribution in [3.8, 4) is 11.4 Å². The molecular weight excluding hydrogens is 444 g/mol. The quantitative estimate of drug-likeness (QED) is 0.697. The van der Waals surface area contributed by atoms with Crippen molar-refractivity contribution in [2.45, 2.75) is 65.7 Å². The standard InChI is InChI=1S/C26H34N6O3/c1-16-15-35-12-11-32(16)23-20-13-31(24(33)26(2,3)4)14-21(20)29-22(30-23)17-5-7-18(8-6-17)27-25(34)28-19-9-10-19/h5-8,16,19H,9-15H2,1-4H3,(H2,27,28,34)/t16-/m0/s1. The Hall–Kier alpha value is -3.20. The monoisotopic (exact) mass is 478 g/mol. The summed E-state index contributed by atoms with van der Waals surface area (Å²) in [5.74, 6) is 1.62. The van der Waals surface area contributed by atoms with Crippen molar-refractivity contribution in [2.75, 3.05) is 30.0 Å². The van der Waals surface area contributed by atoms with Gasteiger partial charge in [-0.2, -0.15) is 0 Å². The molecule has 0 radical (unpaired) electrons. The van der Waals surface area contributed by atoms with Crippen LogP contribution in [0.4, 0.5) is 16.3 Å². The maximum Gasteiger partial charge on any atom is 0.319 e. The molecule has 2 aliphatic heterocycles. The average molecular weight is 479 g/mol. The third-order valence-corrected chi connectivity index (χ3v) is 6.64. The number of hydrogen-bond donors (Lipinski definition) is 2. The van der Waals surface area contributed by atoms with Gasteiger partial charge in [-0.3, -0.25) is 4.79 Å². The van der Waals surface area contributed by atoms with Crippen LogP contribution in [0.25, 0.3) is 11.4 Å². The summed E-state index contributed by atoms with van der Waals surface area (Å²) in [4.78, 5) is 39.2. The Morgan fingerprint density at radius 1 is 1.09 bits per heavy atom. The number of aromatic nitrogens is 2. The third-order valence-electron chi connectivity index (χ3n) is 6.64. The molecule has 0 unspecified atom stereocenters. The summed E-state index contributed by atoms with van der Waals surface area (Å²) in [7, 11) is 0. The number of benzene rings is 1. The van der Waals surface area contributed by atoms with E-state index in [0.717, 1.165) is 47.7 Å². The third kappa shape index (κ3) is 5.10. The van der Waals surface area contributed by atoms with Crippen LogP contribution in [-0.2, 0) is 22.6 Å². The second kappa shape index (κ2) is 9.11. The van der Waals surface area contributed by atoms with Crippen LogP contribution in [0.1, 0.15) is 51.8 Å². The summed E-state index contributed by atoms with van der Waals surface area (Å²) in [5, 5.41) is 5.80. The minimum Gasteiger partial charge on any atom is -0.377 e. The number of nitrogens with zero attached hydrogens (tertiary/aromatic N) is 4. The Morgan fingerprint density at radius 3 is 2.49 bits per heavy atom. The highest BCUT2D eigenvalue weighted by atomic mass is 16.5. The van der Waals surface area contributed by atoms with Crippen molar-refractivity contribution in [2.24, 2.45) is 5.41 Å². The molecule has 9 nitrogen and oxygen atoms in total. The first-order chi connectivity index (χ1) is 16.7. The highest BCUT2D eigenvalue weighted by Crippen LogP contribution is 2.35. The van der Waals surface area contributed by atoms with Crippen LogP contribution in [0.15, 0.2) is 24.3 Å². The van der Waals surface area contributed by atoms with Crippen molar-refractivity contribution in [3.63, 3.8) is 0 Å². The molecule has 186 valence electrons. The SMILES string of the molecule is C[C@H]1COCCN1c1nc(-c2ccc(NC(=O)NC3CC3)cc2)nc2c1CN(C(=O)C(C)(C)C)C2. The molecule has 1 saturated heterocycles. The Bertz CT molecular complexity index is 1120. The molecule has 0 bridgehead atoms. The molecule has 1 saturated carbocycles. The number of amides is 3. The number of nitrogens with one attached hydrogen (secondary N) is 2. The molecule has 2 N–H and O–H groups in total. The van der Waals surface area contributed by atoms with E-state index < -0.39 is 5.41 Å². The van der Waals surface area contributed by atoms with Crippen LogP contribution in [0, 0.1) is 5.41 Å². The summed E-state index contributed by atoms with van der Waals surface area (Å²) in [5.41, 5.74) is 3.04. The van der Waals surface area contributed by atoms with Crippen LogP contribution in [0.5, 0.6) is 0 Å². The lowest BCUT2D eigenvalue weighted by Crippen LogP contribution is -2.44. The maximum atomic E-state index is 13.0. The van der Waals surface area contributed by atoms with Gasteiger partial charge in [-0.15, -0.1) is 0 Å². The normalized spacial score (nSPS) is 19.9. The number of carbonyl (C=O) groups is 2. The van der Waals surface area contributed by atoms with Crippen LogP contribution in [-0.4, -0.2) is 58.6 Å². The predicted molar refractivity (Wildman–Crippen MR) is 134 cm³/mol. The number of ether oxygens (including phenoxy) is 1. The first-order valence-electron chi connectivity index (χ1n) is 12.4. The fourth-order valence-corrected chi connectivity index (χ4v) is 4.55. The fraction of sp³-hybridized carbons (Fsp3) is 0.538. The maximum absolute atomic E-state index is 13.0. The number of carbonyl (C=O) groups excluding carboxylic acids is 2. The zero-order valence-corrected chi connectivity index (χ0v) is 20.9. The summed E-state index contributed by atoms with van der Waals surface area (Å²) in [6.45, 7) is 11.0. The molecule has 1 aromatic heterocycles. The van der Waals surface area contributed by atoms with E-state index in [2.05, 4.69) is 22.5 Å². The number of hydrogen-bond acceptors (Lipinski definition) is 6. The van der Waals surface area contributed by atoms with Gasteiger partial charge in [0.25, 0.3) is 0 Å². The smallest absolute Gasteiger partial charge is 0.319 e. The van der Waals surface area contributed by atoms with Crippen molar-refractivity contribution >= 4 is 23.4 Å². The topological polar surface area (TPSA) is 99.7 Å². The molecule has 1 atom stereocenters. The van der Waals surface area contributed by atoms with E-state index in [1.807, 2.05) is 49.9 Å². The number of anilines is 2. The van der Waals surface area contributed by atoms with Gasteiger partial charge in [-0.1, -0.05) is 20.8 Å². The largest absolute Gasteiger partial charge is 0.377 e. The average Bonchev–Trinajstić information content (AvgIpc) is 3.52. The Kier molecular flexibility index (Phi) is 6.13. The molecule has 5 rings (SSSR count). The molecule has 35 heavy (non-hydrogen) atoms. The highest BCUT2D eigenvalue weighted by molar-refractivity contribution is 5.90. The molecule has 0 spiro atoms. The van der Waals surface area contributed by atoms with E-state index in [0.29, 0.717) is 38.2 Å². The van der Waals surface area contributed by atoms with Crippen molar-refractivity contribution in [1.82, 2.24) is 20.2 Å². The zero-order chi connectivity index (χ0) is 24.7. The molecule has 2 fully saturated rings. The molecule has 2 aromatic rings. The molecule has 3 heterocycles. The molecule has 3 amide bonds. The minimum atomic E-state index is -0.459. The van der Waals surface area contributed by atoms with Gasteiger partial charge < -0.3 is 25.2 Å². The molecule has 1 aromatic carbocycles. The summed E-state index contributed by atoms with van der Waals surface area (Å²) < 4.78 is 5.66. The lowest BCUT2D eigenvalue weighted by atomic mass is 9.95. The van der Waals surface area contributed by atoms with E-state index in [-0.39, 0.29) is 18.0 Å². The van der Waals surface area contributed by atoms with Crippen LogP contribution in [0.2, 0.25) is 0 Å². The van der Waals surface area contributed by atoms with Gasteiger partial charge in [0.05, 0.1) is 38.0 Å². The van der Waals surface area contributed by atoms with E-state index in [1.54, 1.807) is 0 Å². The number of morpholine rings is 1. The van der Waals surface area contributed by atoms with Gasteiger partial charge in [0.2, 0.25) is 5.91 Å². The van der Waals surface area contributed by atoms with Crippen molar-refractivity contribution < 1.29 is 14.3 Å². The molecular formula is C26H34N6O3. The van der Waals surface area contributed by atoms with E-state index >= 15 is 0 Å². The molecule has 9 heteroatoms. The van der Waals surface area contributed by atoms with Crippen molar-refractivity contribution in [3.05, 3.63) is 35.5 Å². The van der Waals surface area contributed by atoms with Crippen LogP contribution >= 0.6 is 0 Å². The fourth-order valence-electron chi connectivity index (χ4n) is 4.55. The van der Waals surface area contributed by atoms with Crippen molar-refractivity contribution in [1.29, 1.82) is 0 Å². The lowest BCUT2D eigenvalue weighted by molar-refractivity contribution is -0.140. The highest BCUT2D eigenvalue weighted by Gasteiger charge is 2.36. The summed E-state index contributed by atoms with van der Waals surface area (Å²) in [6.07, 6.45) is 2.09. The number of fused-ring (bicyclic) bond motifs is 1. The van der Waals surface area contributed by atoms with Crippen LogP contribution < -0.4 is 15.5 Å². The first-order valence-corrected chi connectivity index (χ1v) is 12.4. The second-order valence-electron chi connectivity index (χ2n) is 10.8. The number of rotatable bonds is 4. The van der Waals surface area contributed by atoms with Gasteiger partial charge in [-0.25, -0.2) is 14.8 Å². The lowest BCUT2D eigenvalue weighted by Gasteiger charge is -2.35. The zero-order valence-electron chi connectivity index (χ0n) is 20.9. The number of urea groups is 1. The molecule has 1 aliphatic carbocycles. The van der Waals surface area contributed by atoms with Gasteiger partial charge in [-0.05, 0) is 44.0 Å². The van der Waals surface area contributed by atoms with E-state index in [4.69, 9.17) is 14.7 Å². The second-order valence-corrected chi connectivity index (χ2v) is 10.8. The van der Waals surface area contributed by atoms with Gasteiger partial charge in [0, 0.05) is 34.8 Å². The minimum absolute atomic E-state index is 0.109. The van der Waals surface area contributed by atoms with Crippen LogP contribution in [0.3, 0.4) is 0 Å². The summed E-state index contributed by atoms with van der Waals surface area (Å²) in [6, 6.07) is 7.89. The predicted octanol–water partition coefficient (Wildman–Crippen LogP) is 3.54. The first kappa shape index (κ1) is 23.5. The Balaban J connectivity index is 1.44. The van der Waals surface area contributed by atoms with Gasteiger partial charge >= 0.3 is 6.03 Å². The van der Waals surface area contributed by atoms with Gasteiger partial charge in [0.1, 0.15) is 5.82 Å². The van der Waals surface area contributed by atoms with E-state index in [9.17, 15) is 9.59 Å². The molecule has 3 aliphatic rings. The van der Waals surface area contributed by atoms with E-state index in [1.165, 1.54) is 0 Å². The Labute approximate surface area is 206 Å². The Morgan fingerprint density at radius 2 is 1.83 bits per heavy atom. The van der Waals surface area contributed by atoms with Gasteiger partial charge in [0.15, 0.2) is 5.82 Å². The summed E-state index contributed by atoms with van der Waals surface area (Å²) >= 11 is 0.